The Morgan fingerprint density at radius 2 is 1.57 bits per heavy atom. The third-order valence-corrected chi connectivity index (χ3v) is 9.90. The number of carbonyl (C=O) groups excluding carboxylic acids is 1. The van der Waals surface area contributed by atoms with Gasteiger partial charge in [-0.3, -0.25) is 9.10 Å². The largest absolute Gasteiger partial charge is 0.348 e. The Balaban J connectivity index is 1.31. The summed E-state index contributed by atoms with van der Waals surface area (Å²) in [7, 11) is -3.61. The maximum Gasteiger partial charge on any atom is 0.241 e. The predicted molar refractivity (Wildman–Crippen MR) is 141 cm³/mol. The molecule has 5 nitrogen and oxygen atoms in total. The fourth-order valence-electron chi connectivity index (χ4n) is 7.65. The summed E-state index contributed by atoms with van der Waals surface area (Å²) >= 11 is 0. The van der Waals surface area contributed by atoms with E-state index < -0.39 is 10.0 Å². The van der Waals surface area contributed by atoms with E-state index in [1.807, 2.05) is 45.0 Å². The van der Waals surface area contributed by atoms with E-state index in [0.29, 0.717) is 5.69 Å². The van der Waals surface area contributed by atoms with E-state index in [9.17, 15) is 13.2 Å². The summed E-state index contributed by atoms with van der Waals surface area (Å²) in [6.07, 6.45) is 9.17. The Kier molecular flexibility index (Phi) is 6.23. The molecule has 4 fully saturated rings. The third-order valence-electron chi connectivity index (χ3n) is 8.76. The molecule has 6 heteroatoms. The molecule has 4 aliphatic carbocycles. The molecule has 2 aromatic carbocycles. The summed E-state index contributed by atoms with van der Waals surface area (Å²) < 4.78 is 26.6. The molecule has 6 rings (SSSR count). The standard InChI is InChI=1S/C29H38N2O3S/c1-19-5-10-27(20(2)11-19)21(3)30-28(32)18-31(35(4,33)34)26-8-6-25(7-9-26)29-15-22-12-23(16-29)14-24(13-22)17-29/h5-11,21-24H,12-18H2,1-4H3,(H,30,32)/t21-,22?,23?,24?,29?/m1/s1. The van der Waals surface area contributed by atoms with Crippen molar-refractivity contribution in [1.29, 1.82) is 0 Å². The van der Waals surface area contributed by atoms with Crippen LogP contribution in [0, 0.1) is 31.6 Å². The first-order chi connectivity index (χ1) is 16.5. The first-order valence-corrected chi connectivity index (χ1v) is 14.8. The first-order valence-electron chi connectivity index (χ1n) is 13.0. The van der Waals surface area contributed by atoms with Crippen LogP contribution in [0.4, 0.5) is 5.69 Å². The number of hydrogen-bond acceptors (Lipinski definition) is 3. The zero-order valence-electron chi connectivity index (χ0n) is 21.4. The molecule has 0 aliphatic heterocycles. The molecule has 2 aromatic rings. The van der Waals surface area contributed by atoms with Gasteiger partial charge in [-0.05, 0) is 111 Å². The lowest BCUT2D eigenvalue weighted by molar-refractivity contribution is -0.120. The number of sulfonamides is 1. The van der Waals surface area contributed by atoms with Gasteiger partial charge in [0.05, 0.1) is 18.0 Å². The van der Waals surface area contributed by atoms with Gasteiger partial charge in [0, 0.05) is 0 Å². The van der Waals surface area contributed by atoms with Crippen LogP contribution in [0.1, 0.15) is 73.7 Å². The second-order valence-electron chi connectivity index (χ2n) is 11.7. The predicted octanol–water partition coefficient (Wildman–Crippen LogP) is 5.41. The molecule has 4 aliphatic rings. The minimum atomic E-state index is -3.61. The molecule has 0 spiro atoms. The molecule has 0 radical (unpaired) electrons. The number of benzene rings is 2. The summed E-state index contributed by atoms with van der Waals surface area (Å²) in [5.74, 6) is 2.26. The molecular weight excluding hydrogens is 456 g/mol. The van der Waals surface area contributed by atoms with E-state index in [-0.39, 0.29) is 23.9 Å². The molecule has 35 heavy (non-hydrogen) atoms. The molecule has 0 aromatic heterocycles. The van der Waals surface area contributed by atoms with E-state index >= 15 is 0 Å². The van der Waals surface area contributed by atoms with Gasteiger partial charge in [-0.2, -0.15) is 0 Å². The van der Waals surface area contributed by atoms with E-state index in [1.165, 1.54) is 60.2 Å². The van der Waals surface area contributed by atoms with Crippen molar-refractivity contribution < 1.29 is 13.2 Å². The van der Waals surface area contributed by atoms with Crippen LogP contribution < -0.4 is 9.62 Å². The quantitative estimate of drug-likeness (QED) is 0.559. The number of nitrogens with zero attached hydrogens (tertiary/aromatic N) is 1. The number of hydrogen-bond donors (Lipinski definition) is 1. The fourth-order valence-corrected chi connectivity index (χ4v) is 8.51. The van der Waals surface area contributed by atoms with Crippen molar-refractivity contribution in [2.45, 2.75) is 70.8 Å². The Labute approximate surface area is 210 Å². The Hall–Kier alpha value is -2.34. The average Bonchev–Trinajstić information content (AvgIpc) is 2.76. The third kappa shape index (κ3) is 4.87. The van der Waals surface area contributed by atoms with Crippen molar-refractivity contribution in [3.63, 3.8) is 0 Å². The fraction of sp³-hybridized carbons (Fsp3) is 0.552. The van der Waals surface area contributed by atoms with Crippen LogP contribution in [-0.2, 0) is 20.2 Å². The van der Waals surface area contributed by atoms with Gasteiger partial charge in [-0.15, -0.1) is 0 Å². The topological polar surface area (TPSA) is 66.5 Å². The number of aryl methyl sites for hydroxylation is 2. The van der Waals surface area contributed by atoms with E-state index in [0.717, 1.165) is 28.9 Å². The highest BCUT2D eigenvalue weighted by atomic mass is 32.2. The molecule has 4 saturated carbocycles. The van der Waals surface area contributed by atoms with Crippen molar-refractivity contribution in [3.8, 4) is 0 Å². The summed E-state index contributed by atoms with van der Waals surface area (Å²) in [6.45, 7) is 5.77. The summed E-state index contributed by atoms with van der Waals surface area (Å²) in [5.41, 5.74) is 5.48. The van der Waals surface area contributed by atoms with Crippen molar-refractivity contribution in [1.82, 2.24) is 5.32 Å². The Morgan fingerprint density at radius 3 is 2.09 bits per heavy atom. The summed E-state index contributed by atoms with van der Waals surface area (Å²) in [6, 6.07) is 14.0. The normalized spacial score (nSPS) is 28.1. The minimum absolute atomic E-state index is 0.206. The van der Waals surface area contributed by atoms with Gasteiger partial charge in [0.25, 0.3) is 0 Å². The number of amides is 1. The lowest BCUT2D eigenvalue weighted by Crippen LogP contribution is -2.48. The Bertz CT molecular complexity index is 1180. The SMILES string of the molecule is Cc1ccc([C@@H](C)NC(=O)CN(c2ccc(C34CC5CC(CC(C5)C3)C4)cc2)S(C)(=O)=O)c(C)c1. The van der Waals surface area contributed by atoms with Crippen molar-refractivity contribution in [2.24, 2.45) is 17.8 Å². The van der Waals surface area contributed by atoms with Crippen LogP contribution in [0.15, 0.2) is 42.5 Å². The molecule has 1 amide bonds. The van der Waals surface area contributed by atoms with Crippen molar-refractivity contribution in [3.05, 3.63) is 64.7 Å². The second-order valence-corrected chi connectivity index (χ2v) is 13.6. The van der Waals surface area contributed by atoms with E-state index in [1.54, 1.807) is 0 Å². The smallest absolute Gasteiger partial charge is 0.241 e. The van der Waals surface area contributed by atoms with Crippen LogP contribution in [-0.4, -0.2) is 27.1 Å². The highest BCUT2D eigenvalue weighted by Crippen LogP contribution is 2.60. The van der Waals surface area contributed by atoms with Crippen LogP contribution in [0.25, 0.3) is 0 Å². The summed E-state index contributed by atoms with van der Waals surface area (Å²) in [5, 5.41) is 2.98. The van der Waals surface area contributed by atoms with E-state index in [4.69, 9.17) is 0 Å². The zero-order valence-corrected chi connectivity index (χ0v) is 22.2. The van der Waals surface area contributed by atoms with Gasteiger partial charge in [0.1, 0.15) is 6.54 Å². The monoisotopic (exact) mass is 494 g/mol. The Morgan fingerprint density at radius 1 is 1.00 bits per heavy atom. The minimum Gasteiger partial charge on any atom is -0.348 e. The van der Waals surface area contributed by atoms with Gasteiger partial charge < -0.3 is 5.32 Å². The second kappa shape index (κ2) is 8.95. The van der Waals surface area contributed by atoms with Crippen molar-refractivity contribution >= 4 is 21.6 Å². The van der Waals surface area contributed by atoms with Crippen molar-refractivity contribution in [2.75, 3.05) is 17.1 Å². The van der Waals surface area contributed by atoms with Crippen LogP contribution in [0.2, 0.25) is 0 Å². The maximum atomic E-state index is 12.9. The highest BCUT2D eigenvalue weighted by Gasteiger charge is 2.51. The number of nitrogens with one attached hydrogen (secondary N) is 1. The molecular formula is C29H38N2O3S. The van der Waals surface area contributed by atoms with Gasteiger partial charge in [-0.25, -0.2) is 8.42 Å². The number of carbonyl (C=O) groups is 1. The first kappa shape index (κ1) is 24.4. The van der Waals surface area contributed by atoms with Gasteiger partial charge in [0.15, 0.2) is 0 Å². The van der Waals surface area contributed by atoms with Gasteiger partial charge in [-0.1, -0.05) is 35.9 Å². The van der Waals surface area contributed by atoms with Crippen LogP contribution >= 0.6 is 0 Å². The lowest BCUT2D eigenvalue weighted by Gasteiger charge is -2.57. The average molecular weight is 495 g/mol. The molecule has 0 heterocycles. The van der Waals surface area contributed by atoms with Gasteiger partial charge >= 0.3 is 0 Å². The molecule has 1 atom stereocenters. The molecule has 188 valence electrons. The molecule has 0 unspecified atom stereocenters. The number of rotatable bonds is 7. The summed E-state index contributed by atoms with van der Waals surface area (Å²) in [4.78, 5) is 12.9. The molecule has 0 saturated heterocycles. The lowest BCUT2D eigenvalue weighted by atomic mass is 9.48. The number of anilines is 1. The maximum absolute atomic E-state index is 12.9. The zero-order chi connectivity index (χ0) is 25.0. The van der Waals surface area contributed by atoms with Crippen LogP contribution in [0.3, 0.4) is 0 Å². The molecule has 1 N–H and O–H groups in total. The molecule has 4 bridgehead atoms. The van der Waals surface area contributed by atoms with Crippen LogP contribution in [0.5, 0.6) is 0 Å². The van der Waals surface area contributed by atoms with E-state index in [2.05, 4.69) is 23.5 Å². The van der Waals surface area contributed by atoms with Gasteiger partial charge in [0.2, 0.25) is 15.9 Å². The highest BCUT2D eigenvalue weighted by molar-refractivity contribution is 7.92.